The summed E-state index contributed by atoms with van der Waals surface area (Å²) in [4.78, 5) is 13.3. The van der Waals surface area contributed by atoms with Gasteiger partial charge in [-0.2, -0.15) is 0 Å². The van der Waals surface area contributed by atoms with E-state index < -0.39 is 0 Å². The summed E-state index contributed by atoms with van der Waals surface area (Å²) >= 11 is 0. The van der Waals surface area contributed by atoms with Crippen LogP contribution in [0.1, 0.15) is 32.6 Å². The number of hydrogen-bond donors (Lipinski definition) is 1. The monoisotopic (exact) mass is 168 g/mol. The molecule has 2 rings (SSSR count). The first-order chi connectivity index (χ1) is 5.68. The van der Waals surface area contributed by atoms with Gasteiger partial charge in [-0.05, 0) is 25.7 Å². The summed E-state index contributed by atoms with van der Waals surface area (Å²) in [5.74, 6) is 0.231. The third kappa shape index (κ3) is 1.12. The second-order valence-electron chi connectivity index (χ2n) is 4.04. The highest BCUT2D eigenvalue weighted by molar-refractivity contribution is 5.74. The predicted molar refractivity (Wildman–Crippen MR) is 46.5 cm³/mol. The van der Waals surface area contributed by atoms with Crippen LogP contribution >= 0.6 is 0 Å². The van der Waals surface area contributed by atoms with Crippen LogP contribution in [0.5, 0.6) is 0 Å². The zero-order chi connectivity index (χ0) is 8.72. The van der Waals surface area contributed by atoms with E-state index in [9.17, 15) is 4.79 Å². The molecule has 0 radical (unpaired) electrons. The number of nitrogens with zero attached hydrogens (tertiary/aromatic N) is 1. The van der Waals surface area contributed by atoms with E-state index in [0.717, 1.165) is 25.7 Å². The van der Waals surface area contributed by atoms with Crippen molar-refractivity contribution < 1.29 is 4.79 Å². The van der Waals surface area contributed by atoms with Gasteiger partial charge in [0, 0.05) is 25.0 Å². The third-order valence-electron chi connectivity index (χ3n) is 3.13. The van der Waals surface area contributed by atoms with Crippen molar-refractivity contribution >= 4 is 5.91 Å². The zero-order valence-corrected chi connectivity index (χ0v) is 7.49. The normalized spacial score (nSPS) is 40.2. The lowest BCUT2D eigenvalue weighted by Gasteiger charge is -2.37. The average molecular weight is 168 g/mol. The van der Waals surface area contributed by atoms with E-state index in [0.29, 0.717) is 18.1 Å². The highest BCUT2D eigenvalue weighted by atomic mass is 16.2. The molecule has 12 heavy (non-hydrogen) atoms. The average Bonchev–Trinajstić information content (AvgIpc) is 2.24. The molecule has 2 aliphatic heterocycles. The van der Waals surface area contributed by atoms with Gasteiger partial charge in [0.1, 0.15) is 0 Å². The van der Waals surface area contributed by atoms with E-state index >= 15 is 0 Å². The van der Waals surface area contributed by atoms with Gasteiger partial charge in [0.2, 0.25) is 5.91 Å². The number of amides is 1. The minimum absolute atomic E-state index is 0.231. The fourth-order valence-electron chi connectivity index (χ4n) is 2.73. The summed E-state index contributed by atoms with van der Waals surface area (Å²) in [5, 5.41) is 0. The Morgan fingerprint density at radius 1 is 1.33 bits per heavy atom. The van der Waals surface area contributed by atoms with E-state index in [-0.39, 0.29) is 5.91 Å². The van der Waals surface area contributed by atoms with Crippen LogP contribution in [0.4, 0.5) is 0 Å². The maximum Gasteiger partial charge on any atom is 0.219 e. The molecule has 2 N–H and O–H groups in total. The number of carbonyl (C=O) groups is 1. The van der Waals surface area contributed by atoms with Crippen LogP contribution in [0.2, 0.25) is 0 Å². The maximum absolute atomic E-state index is 11.3. The van der Waals surface area contributed by atoms with E-state index in [4.69, 9.17) is 5.73 Å². The van der Waals surface area contributed by atoms with Crippen molar-refractivity contribution in [3.8, 4) is 0 Å². The molecule has 0 aromatic carbocycles. The van der Waals surface area contributed by atoms with Gasteiger partial charge >= 0.3 is 0 Å². The number of nitrogens with two attached hydrogens (primary N) is 1. The summed E-state index contributed by atoms with van der Waals surface area (Å²) < 4.78 is 0. The summed E-state index contributed by atoms with van der Waals surface area (Å²) in [6.07, 6.45) is 4.35. The highest BCUT2D eigenvalue weighted by Crippen LogP contribution is 2.34. The molecule has 1 unspecified atom stereocenters. The van der Waals surface area contributed by atoms with Crippen molar-refractivity contribution in [3.63, 3.8) is 0 Å². The first-order valence-electron chi connectivity index (χ1n) is 4.73. The molecular formula is C9H16N2O. The minimum atomic E-state index is 0.231. The Balaban J connectivity index is 2.14. The maximum atomic E-state index is 11.3. The van der Waals surface area contributed by atoms with Crippen molar-refractivity contribution in [2.75, 3.05) is 0 Å². The Morgan fingerprint density at radius 2 is 1.83 bits per heavy atom. The zero-order valence-electron chi connectivity index (χ0n) is 7.49. The molecule has 2 bridgehead atoms. The van der Waals surface area contributed by atoms with Gasteiger partial charge in [-0.3, -0.25) is 4.79 Å². The largest absolute Gasteiger partial charge is 0.337 e. The lowest BCUT2D eigenvalue weighted by atomic mass is 9.98. The third-order valence-corrected chi connectivity index (χ3v) is 3.13. The van der Waals surface area contributed by atoms with Gasteiger partial charge in [-0.15, -0.1) is 0 Å². The van der Waals surface area contributed by atoms with Gasteiger partial charge in [0.25, 0.3) is 0 Å². The van der Waals surface area contributed by atoms with Crippen molar-refractivity contribution in [2.45, 2.75) is 50.7 Å². The standard InChI is InChI=1S/C9H16N2O/c1-6(12)11-8-2-3-9(11)5-7(10)4-8/h7-9H,2-5,10H2,1H3/t7?,8-,9+. The molecule has 0 saturated carbocycles. The summed E-state index contributed by atoms with van der Waals surface area (Å²) in [7, 11) is 0. The second-order valence-corrected chi connectivity index (χ2v) is 4.04. The topological polar surface area (TPSA) is 46.3 Å². The fourth-order valence-corrected chi connectivity index (χ4v) is 2.73. The second kappa shape index (κ2) is 2.73. The molecule has 0 aromatic heterocycles. The molecule has 3 nitrogen and oxygen atoms in total. The molecule has 1 amide bonds. The Labute approximate surface area is 72.9 Å². The smallest absolute Gasteiger partial charge is 0.219 e. The molecule has 2 aliphatic rings. The highest BCUT2D eigenvalue weighted by Gasteiger charge is 2.40. The van der Waals surface area contributed by atoms with Crippen LogP contribution in [0.25, 0.3) is 0 Å². The van der Waals surface area contributed by atoms with Crippen LogP contribution in [0.3, 0.4) is 0 Å². The van der Waals surface area contributed by atoms with Crippen LogP contribution in [0.15, 0.2) is 0 Å². The van der Waals surface area contributed by atoms with Crippen molar-refractivity contribution in [1.82, 2.24) is 4.90 Å². The number of piperidine rings is 1. The molecular weight excluding hydrogens is 152 g/mol. The number of rotatable bonds is 0. The summed E-state index contributed by atoms with van der Waals surface area (Å²) in [5.41, 5.74) is 5.88. The Hall–Kier alpha value is -0.570. The molecule has 68 valence electrons. The summed E-state index contributed by atoms with van der Waals surface area (Å²) in [6.45, 7) is 1.67. The first kappa shape index (κ1) is 8.05. The van der Waals surface area contributed by atoms with E-state index in [1.807, 2.05) is 4.90 Å². The number of fused-ring (bicyclic) bond motifs is 2. The molecule has 0 aromatic rings. The predicted octanol–water partition coefficient (Wildman–Crippen LogP) is 0.487. The quantitative estimate of drug-likeness (QED) is 0.572. The molecule has 3 atom stereocenters. The first-order valence-corrected chi connectivity index (χ1v) is 4.73. The molecule has 2 heterocycles. The number of hydrogen-bond acceptors (Lipinski definition) is 2. The lowest BCUT2D eigenvalue weighted by molar-refractivity contribution is -0.133. The summed E-state index contributed by atoms with van der Waals surface area (Å²) in [6, 6.07) is 1.24. The Morgan fingerprint density at radius 3 is 2.25 bits per heavy atom. The van der Waals surface area contributed by atoms with Gasteiger partial charge in [-0.25, -0.2) is 0 Å². The SMILES string of the molecule is CC(=O)N1[C@@H]2CC[C@H]1CC(N)C2. The lowest BCUT2D eigenvalue weighted by Crippen LogP contribution is -2.49. The van der Waals surface area contributed by atoms with Gasteiger partial charge < -0.3 is 10.6 Å². The fraction of sp³-hybridized carbons (Fsp3) is 0.889. The van der Waals surface area contributed by atoms with Crippen LogP contribution in [0, 0.1) is 0 Å². The van der Waals surface area contributed by atoms with Crippen molar-refractivity contribution in [2.24, 2.45) is 5.73 Å². The van der Waals surface area contributed by atoms with Crippen molar-refractivity contribution in [1.29, 1.82) is 0 Å². The van der Waals surface area contributed by atoms with Crippen LogP contribution < -0.4 is 5.73 Å². The number of carbonyl (C=O) groups excluding carboxylic acids is 1. The van der Waals surface area contributed by atoms with Gasteiger partial charge in [0.15, 0.2) is 0 Å². The van der Waals surface area contributed by atoms with Crippen LogP contribution in [-0.4, -0.2) is 28.9 Å². The van der Waals surface area contributed by atoms with Gasteiger partial charge in [0.05, 0.1) is 0 Å². The van der Waals surface area contributed by atoms with Gasteiger partial charge in [-0.1, -0.05) is 0 Å². The van der Waals surface area contributed by atoms with E-state index in [1.165, 1.54) is 0 Å². The van der Waals surface area contributed by atoms with Crippen molar-refractivity contribution in [3.05, 3.63) is 0 Å². The molecule has 2 saturated heterocycles. The van der Waals surface area contributed by atoms with E-state index in [1.54, 1.807) is 6.92 Å². The molecule has 0 spiro atoms. The van der Waals surface area contributed by atoms with E-state index in [2.05, 4.69) is 0 Å². The van der Waals surface area contributed by atoms with Crippen LogP contribution in [-0.2, 0) is 4.79 Å². The Bertz CT molecular complexity index is 191. The molecule has 3 heteroatoms. The molecule has 0 aliphatic carbocycles. The Kier molecular flexibility index (Phi) is 1.83. The molecule has 2 fully saturated rings. The minimum Gasteiger partial charge on any atom is -0.337 e.